The normalized spacial score (nSPS) is 17.2. The molecule has 0 aromatic heterocycles. The van der Waals surface area contributed by atoms with E-state index in [1.54, 1.807) is 0 Å². The lowest BCUT2D eigenvalue weighted by Crippen LogP contribution is -1.83. The molecule has 0 aliphatic carbocycles. The first-order chi connectivity index (χ1) is 4.43. The van der Waals surface area contributed by atoms with E-state index in [-0.39, 0.29) is 0 Å². The van der Waals surface area contributed by atoms with Crippen LogP contribution in [-0.4, -0.2) is 5.71 Å². The Morgan fingerprint density at radius 1 is 1.78 bits per heavy atom. The molecule has 0 aromatic rings. The zero-order valence-electron chi connectivity index (χ0n) is 5.67. The van der Waals surface area contributed by atoms with E-state index < -0.39 is 0 Å². The summed E-state index contributed by atoms with van der Waals surface area (Å²) in [5.41, 5.74) is 1.18. The van der Waals surface area contributed by atoms with Gasteiger partial charge in [0.2, 0.25) is 0 Å². The summed E-state index contributed by atoms with van der Waals surface area (Å²) in [6.07, 6.45) is 10.2. The minimum Gasteiger partial charge on any atom is -0.261 e. The Labute approximate surface area is 55.8 Å². The molecule has 0 atom stereocenters. The van der Waals surface area contributed by atoms with Crippen LogP contribution in [0.15, 0.2) is 29.4 Å². The Morgan fingerprint density at radius 2 is 2.67 bits per heavy atom. The van der Waals surface area contributed by atoms with Crippen molar-refractivity contribution in [2.45, 2.75) is 19.8 Å². The van der Waals surface area contributed by atoms with Crippen molar-refractivity contribution >= 4 is 5.71 Å². The fourth-order valence-corrected chi connectivity index (χ4v) is 0.740. The van der Waals surface area contributed by atoms with Crippen molar-refractivity contribution in [1.82, 2.24) is 0 Å². The van der Waals surface area contributed by atoms with Gasteiger partial charge in [-0.05, 0) is 12.5 Å². The van der Waals surface area contributed by atoms with E-state index in [1.165, 1.54) is 5.71 Å². The lowest BCUT2D eigenvalue weighted by atomic mass is 10.2. The summed E-state index contributed by atoms with van der Waals surface area (Å²) in [5.74, 6) is 0. The largest absolute Gasteiger partial charge is 0.261 e. The molecule has 0 fully saturated rings. The van der Waals surface area contributed by atoms with Crippen LogP contribution < -0.4 is 0 Å². The standard InChI is InChI=1S/C8H11N/c1-2-3-5-8-6-4-7-9-8/h3-5,7H,2,6H2,1H3/b5-3-. The van der Waals surface area contributed by atoms with Crippen LogP contribution in [0.4, 0.5) is 0 Å². The summed E-state index contributed by atoms with van der Waals surface area (Å²) in [6.45, 7) is 2.12. The smallest absolute Gasteiger partial charge is 0.0438 e. The Hall–Kier alpha value is -0.850. The fraction of sp³-hybridized carbons (Fsp3) is 0.375. The van der Waals surface area contributed by atoms with Crippen LogP contribution >= 0.6 is 0 Å². The van der Waals surface area contributed by atoms with Gasteiger partial charge >= 0.3 is 0 Å². The number of hydrogen-bond acceptors (Lipinski definition) is 1. The maximum absolute atomic E-state index is 4.12. The summed E-state index contributed by atoms with van der Waals surface area (Å²) in [7, 11) is 0. The molecule has 1 aliphatic heterocycles. The third-order valence-electron chi connectivity index (χ3n) is 1.22. The van der Waals surface area contributed by atoms with Gasteiger partial charge in [0.1, 0.15) is 0 Å². The van der Waals surface area contributed by atoms with Gasteiger partial charge in [-0.25, -0.2) is 0 Å². The first kappa shape index (κ1) is 6.27. The summed E-state index contributed by atoms with van der Waals surface area (Å²) in [6, 6.07) is 0. The molecular weight excluding hydrogens is 110 g/mol. The average Bonchev–Trinajstić information content (AvgIpc) is 2.34. The molecule has 0 amide bonds. The van der Waals surface area contributed by atoms with Crippen molar-refractivity contribution in [1.29, 1.82) is 0 Å². The van der Waals surface area contributed by atoms with Crippen molar-refractivity contribution in [3.63, 3.8) is 0 Å². The Bertz CT molecular complexity index is 163. The highest BCUT2D eigenvalue weighted by Crippen LogP contribution is 2.00. The molecular formula is C8H11N. The summed E-state index contributed by atoms with van der Waals surface area (Å²) < 4.78 is 0. The van der Waals surface area contributed by atoms with Gasteiger partial charge in [-0.15, -0.1) is 0 Å². The molecule has 0 N–H and O–H groups in total. The SMILES string of the molecule is CC/C=C\C1=NC=CC1. The van der Waals surface area contributed by atoms with E-state index in [1.807, 2.05) is 6.20 Å². The molecule has 0 radical (unpaired) electrons. The Morgan fingerprint density at radius 3 is 3.22 bits per heavy atom. The lowest BCUT2D eigenvalue weighted by Gasteiger charge is -1.85. The van der Waals surface area contributed by atoms with Crippen molar-refractivity contribution in [3.8, 4) is 0 Å². The van der Waals surface area contributed by atoms with Gasteiger partial charge in [-0.2, -0.15) is 0 Å². The summed E-state index contributed by atoms with van der Waals surface area (Å²) >= 11 is 0. The number of nitrogens with zero attached hydrogens (tertiary/aromatic N) is 1. The van der Waals surface area contributed by atoms with Crippen LogP contribution in [0.3, 0.4) is 0 Å². The molecule has 1 rings (SSSR count). The first-order valence-corrected chi connectivity index (χ1v) is 3.31. The fourth-order valence-electron chi connectivity index (χ4n) is 0.740. The minimum atomic E-state index is 1.01. The molecule has 0 spiro atoms. The zero-order chi connectivity index (χ0) is 6.53. The molecule has 9 heavy (non-hydrogen) atoms. The van der Waals surface area contributed by atoms with Crippen LogP contribution in [0.2, 0.25) is 0 Å². The van der Waals surface area contributed by atoms with Crippen LogP contribution in [0.5, 0.6) is 0 Å². The quantitative estimate of drug-likeness (QED) is 0.531. The highest BCUT2D eigenvalue weighted by Gasteiger charge is 1.92. The minimum absolute atomic E-state index is 1.01. The topological polar surface area (TPSA) is 12.4 Å². The van der Waals surface area contributed by atoms with Gasteiger partial charge in [0.25, 0.3) is 0 Å². The van der Waals surface area contributed by atoms with Gasteiger partial charge in [0.15, 0.2) is 0 Å². The molecule has 48 valence electrons. The van der Waals surface area contributed by atoms with Gasteiger partial charge < -0.3 is 0 Å². The second-order valence-electron chi connectivity index (χ2n) is 2.02. The zero-order valence-corrected chi connectivity index (χ0v) is 5.67. The highest BCUT2D eigenvalue weighted by atomic mass is 14.7. The summed E-state index contributed by atoms with van der Waals surface area (Å²) in [4.78, 5) is 4.12. The summed E-state index contributed by atoms with van der Waals surface area (Å²) in [5, 5.41) is 0. The Balaban J connectivity index is 2.38. The molecule has 0 aromatic carbocycles. The number of rotatable bonds is 2. The molecule has 0 saturated carbocycles. The van der Waals surface area contributed by atoms with E-state index in [0.29, 0.717) is 0 Å². The first-order valence-electron chi connectivity index (χ1n) is 3.31. The van der Waals surface area contributed by atoms with Crippen LogP contribution in [-0.2, 0) is 0 Å². The molecule has 1 nitrogen and oxygen atoms in total. The average molecular weight is 121 g/mol. The molecule has 1 aliphatic rings. The van der Waals surface area contributed by atoms with Gasteiger partial charge in [0.05, 0.1) is 0 Å². The van der Waals surface area contributed by atoms with E-state index in [9.17, 15) is 0 Å². The van der Waals surface area contributed by atoms with Crippen molar-refractivity contribution in [2.75, 3.05) is 0 Å². The monoisotopic (exact) mass is 121 g/mol. The predicted octanol–water partition coefficient (Wildman–Crippen LogP) is 2.31. The molecule has 0 bridgehead atoms. The Kier molecular flexibility index (Phi) is 2.25. The van der Waals surface area contributed by atoms with E-state index in [0.717, 1.165) is 12.8 Å². The van der Waals surface area contributed by atoms with Gasteiger partial charge in [0, 0.05) is 18.3 Å². The van der Waals surface area contributed by atoms with E-state index in [4.69, 9.17) is 0 Å². The number of hydrogen-bond donors (Lipinski definition) is 0. The van der Waals surface area contributed by atoms with Crippen LogP contribution in [0.1, 0.15) is 19.8 Å². The molecule has 1 heterocycles. The van der Waals surface area contributed by atoms with Crippen LogP contribution in [0, 0.1) is 0 Å². The van der Waals surface area contributed by atoms with Crippen LogP contribution in [0.25, 0.3) is 0 Å². The lowest BCUT2D eigenvalue weighted by molar-refractivity contribution is 1.22. The maximum atomic E-state index is 4.12. The van der Waals surface area contributed by atoms with Crippen molar-refractivity contribution in [2.24, 2.45) is 4.99 Å². The van der Waals surface area contributed by atoms with Crippen molar-refractivity contribution in [3.05, 3.63) is 24.4 Å². The predicted molar refractivity (Wildman–Crippen MR) is 40.6 cm³/mol. The van der Waals surface area contributed by atoms with Crippen molar-refractivity contribution < 1.29 is 0 Å². The van der Waals surface area contributed by atoms with Gasteiger partial charge in [-0.1, -0.05) is 19.1 Å². The third kappa shape index (κ3) is 1.84. The second-order valence-corrected chi connectivity index (χ2v) is 2.02. The molecule has 1 heteroatoms. The second kappa shape index (κ2) is 3.23. The highest BCUT2D eigenvalue weighted by molar-refractivity contribution is 5.97. The van der Waals surface area contributed by atoms with Gasteiger partial charge in [-0.3, -0.25) is 4.99 Å². The van der Waals surface area contributed by atoms with E-state index in [2.05, 4.69) is 30.1 Å². The molecule has 0 unspecified atom stereocenters. The van der Waals surface area contributed by atoms with E-state index >= 15 is 0 Å². The number of allylic oxidation sites excluding steroid dienone is 3. The molecule has 0 saturated heterocycles. The maximum Gasteiger partial charge on any atom is 0.0438 e. The number of aliphatic imine (C=N–C) groups is 1. The third-order valence-corrected chi connectivity index (χ3v) is 1.22.